The average molecular weight is 711 g/mol. The summed E-state index contributed by atoms with van der Waals surface area (Å²) in [6, 6.07) is 0. The molecule has 0 spiro atoms. The number of aliphatic carboxylic acids is 8. The van der Waals surface area contributed by atoms with Crippen LogP contribution < -0.4 is 0 Å². The molecule has 19 heteroatoms. The van der Waals surface area contributed by atoms with E-state index in [0.717, 1.165) is 0 Å². The van der Waals surface area contributed by atoms with Gasteiger partial charge in [-0.25, -0.2) is 38.4 Å². The molecule has 0 aliphatic heterocycles. The van der Waals surface area contributed by atoms with Gasteiger partial charge in [-0.1, -0.05) is 0 Å². The number of carbonyl (C=O) groups is 8. The fourth-order valence-corrected chi connectivity index (χ4v) is 0. The summed E-state index contributed by atoms with van der Waals surface area (Å²) in [4.78, 5) is 72.8. The first-order valence-electron chi connectivity index (χ1n) is 4.42. The van der Waals surface area contributed by atoms with E-state index in [-0.39, 0.29) is 92.6 Å². The number of carboxylic acids is 8. The molecule has 0 aromatic rings. The normalized spacial score (nSPS) is 6.52. The Morgan fingerprint density at radius 3 is 0.370 bits per heavy atom. The van der Waals surface area contributed by atoms with E-state index >= 15 is 0 Å². The molecule has 0 fully saturated rings. The molecule has 8 N–H and O–H groups in total. The molecule has 0 bridgehead atoms. The zero-order valence-electron chi connectivity index (χ0n) is 12.2. The van der Waals surface area contributed by atoms with Crippen molar-refractivity contribution in [3.8, 4) is 0 Å². The van der Waals surface area contributed by atoms with Gasteiger partial charge < -0.3 is 40.9 Å². The van der Waals surface area contributed by atoms with E-state index in [1.165, 1.54) is 0 Å². The third-order valence-corrected chi connectivity index (χ3v) is 0.732. The van der Waals surface area contributed by atoms with Crippen molar-refractivity contribution >= 4 is 47.8 Å². The van der Waals surface area contributed by atoms with Crippen molar-refractivity contribution in [2.24, 2.45) is 0 Å². The second kappa shape index (κ2) is 27.0. The molecule has 0 aromatic heterocycles. The van der Waals surface area contributed by atoms with Gasteiger partial charge in [-0.05, 0) is 0 Å². The van der Waals surface area contributed by atoms with E-state index in [1.54, 1.807) is 0 Å². The van der Waals surface area contributed by atoms with Crippen molar-refractivity contribution in [2.75, 3.05) is 0 Å². The summed E-state index contributed by atoms with van der Waals surface area (Å²) >= 11 is 0. The summed E-state index contributed by atoms with van der Waals surface area (Å²) in [5.41, 5.74) is 0. The van der Waals surface area contributed by atoms with Crippen LogP contribution in [0, 0.1) is 75.5 Å². The maximum absolute atomic E-state index is 9.10. The van der Waals surface area contributed by atoms with E-state index in [9.17, 15) is 0 Å². The van der Waals surface area contributed by atoms with Crippen molar-refractivity contribution in [1.29, 1.82) is 0 Å². The average Bonchev–Trinajstić information content (AvgIpc) is 2.40. The Morgan fingerprint density at radius 2 is 0.370 bits per heavy atom. The van der Waals surface area contributed by atoms with E-state index in [1.807, 2.05) is 0 Å². The Labute approximate surface area is 217 Å². The summed E-state index contributed by atoms with van der Waals surface area (Å²) in [6.07, 6.45) is 0. The maximum atomic E-state index is 9.10. The Kier molecular flexibility index (Phi) is 44.9. The number of hydrogen-bond donors (Lipinski definition) is 8. The summed E-state index contributed by atoms with van der Waals surface area (Å²) in [7, 11) is 0. The molecule has 0 saturated heterocycles. The molecule has 16 nitrogen and oxygen atoms in total. The van der Waals surface area contributed by atoms with Crippen molar-refractivity contribution in [1.82, 2.24) is 0 Å². The topological polar surface area (TPSA) is 298 Å². The second-order valence-electron chi connectivity index (χ2n) is 2.44. The molecule has 0 atom stereocenters. The minimum Gasteiger partial charge on any atom is -0.473 e. The summed E-state index contributed by atoms with van der Waals surface area (Å²) in [5, 5.41) is 59.1. The molecule has 0 heterocycles. The van der Waals surface area contributed by atoms with Gasteiger partial charge in [0.1, 0.15) is 0 Å². The van der Waals surface area contributed by atoms with Crippen molar-refractivity contribution in [3.63, 3.8) is 0 Å². The molecule has 0 aliphatic rings. The summed E-state index contributed by atoms with van der Waals surface area (Å²) < 4.78 is 0. The van der Waals surface area contributed by atoms with E-state index in [2.05, 4.69) is 0 Å². The monoisotopic (exact) mass is 712 g/mol. The van der Waals surface area contributed by atoms with Gasteiger partial charge in [0.25, 0.3) is 0 Å². The SMILES string of the molecule is O=C(O)C(=O)O.O=C(O)C(=O)O.O=C(O)C(=O)O.O=C(O)C(=O)O.[Gd].[La].[Mn]. The van der Waals surface area contributed by atoms with Gasteiger partial charge in [-0.2, -0.15) is 0 Å². The van der Waals surface area contributed by atoms with Gasteiger partial charge in [-0.3, -0.25) is 0 Å². The smallest absolute Gasteiger partial charge is 0.414 e. The molecule has 0 rings (SSSR count). The Hall–Kier alpha value is -1.20. The minimum atomic E-state index is -1.82. The molecule has 27 heavy (non-hydrogen) atoms. The molecule has 2 radical (unpaired) electrons. The van der Waals surface area contributed by atoms with Gasteiger partial charge in [0.2, 0.25) is 0 Å². The molecule has 0 aromatic carbocycles. The Balaban J connectivity index is -0.0000000381. The standard InChI is InChI=1S/4C2H2O4.Gd.La.Mn/c4*3-1(4)2(5)6;;;/h4*(H,3,4)(H,5,6);;;. The van der Waals surface area contributed by atoms with Gasteiger partial charge >= 0.3 is 47.8 Å². The van der Waals surface area contributed by atoms with Crippen LogP contribution in [0.1, 0.15) is 0 Å². The molecule has 154 valence electrons. The van der Waals surface area contributed by atoms with Crippen LogP contribution in [-0.2, 0) is 55.4 Å². The third-order valence-electron chi connectivity index (χ3n) is 0.732. The van der Waals surface area contributed by atoms with Crippen LogP contribution >= 0.6 is 0 Å². The van der Waals surface area contributed by atoms with Crippen LogP contribution in [0.25, 0.3) is 0 Å². The molecule has 0 aliphatic carbocycles. The quantitative estimate of drug-likeness (QED) is 0.0898. The van der Waals surface area contributed by atoms with Gasteiger partial charge in [0.15, 0.2) is 0 Å². The van der Waals surface area contributed by atoms with Gasteiger partial charge in [0.05, 0.1) is 0 Å². The van der Waals surface area contributed by atoms with Gasteiger partial charge in [-0.15, -0.1) is 0 Å². The first-order chi connectivity index (χ1) is 10.6. The molecule has 0 amide bonds. The second-order valence-corrected chi connectivity index (χ2v) is 2.44. The number of rotatable bonds is 0. The maximum Gasteiger partial charge on any atom is 0.414 e. The Morgan fingerprint density at radius 1 is 0.333 bits per heavy atom. The first kappa shape index (κ1) is 44.9. The van der Waals surface area contributed by atoms with E-state index < -0.39 is 47.8 Å². The van der Waals surface area contributed by atoms with Crippen LogP contribution in [0.3, 0.4) is 0 Å². The fraction of sp³-hybridized carbons (Fsp3) is 0. The van der Waals surface area contributed by atoms with Crippen molar-refractivity contribution < 1.29 is 172 Å². The summed E-state index contributed by atoms with van der Waals surface area (Å²) in [6.45, 7) is 0. The van der Waals surface area contributed by atoms with Crippen LogP contribution in [0.4, 0.5) is 0 Å². The molecular weight excluding hydrogens is 703 g/mol. The van der Waals surface area contributed by atoms with E-state index in [4.69, 9.17) is 79.2 Å². The Bertz CT molecular complexity index is 401. The number of hydrogen-bond acceptors (Lipinski definition) is 8. The van der Waals surface area contributed by atoms with E-state index in [0.29, 0.717) is 0 Å². The van der Waals surface area contributed by atoms with Crippen LogP contribution in [0.15, 0.2) is 0 Å². The van der Waals surface area contributed by atoms with Crippen LogP contribution in [0.2, 0.25) is 0 Å². The number of carboxylic acid groups (broad SMARTS) is 8. The zero-order chi connectivity index (χ0) is 20.6. The fourth-order valence-electron chi connectivity index (χ4n) is 0. The molecular formula is C8H8GdLaMnO16. The van der Waals surface area contributed by atoms with Crippen LogP contribution in [-0.4, -0.2) is 88.6 Å². The predicted molar refractivity (Wildman–Crippen MR) is 61.1 cm³/mol. The minimum absolute atomic E-state index is 0. The van der Waals surface area contributed by atoms with Crippen molar-refractivity contribution in [2.45, 2.75) is 0 Å². The molecule has 0 saturated carbocycles. The third kappa shape index (κ3) is 58.9. The van der Waals surface area contributed by atoms with Gasteiger partial charge in [0, 0.05) is 92.6 Å². The zero-order valence-corrected chi connectivity index (χ0v) is 19.2. The molecule has 0 unspecified atom stereocenters. The van der Waals surface area contributed by atoms with Crippen LogP contribution in [0.5, 0.6) is 0 Å². The first-order valence-corrected chi connectivity index (χ1v) is 4.42. The van der Waals surface area contributed by atoms with Crippen molar-refractivity contribution in [3.05, 3.63) is 0 Å². The predicted octanol–water partition coefficient (Wildman–Crippen LogP) is -3.38. The largest absolute Gasteiger partial charge is 0.473 e. The summed E-state index contributed by atoms with van der Waals surface area (Å²) in [5.74, 6) is -14.6.